The number of aromatic nitrogens is 2. The van der Waals surface area contributed by atoms with Crippen LogP contribution in [0.25, 0.3) is 11.0 Å². The van der Waals surface area contributed by atoms with Crippen molar-refractivity contribution in [2.45, 2.75) is 26.8 Å². The standard InChI is InChI=1S/C19H24N4O2/c1-4-23(5-2)17(18-7-6-10-25-18)12-20-19(24)14-8-9-15-16(11-14)22-13(3)21-15/h6-11,17H,4-5,12H2,1-3H3,(H,20,24)(H,21,22)/t17-/m0/s1. The van der Waals surface area contributed by atoms with E-state index < -0.39 is 0 Å². The second-order valence-electron chi connectivity index (χ2n) is 6.02. The number of rotatable bonds is 7. The second kappa shape index (κ2) is 7.53. The number of aryl methyl sites for hydroxylation is 1. The molecule has 132 valence electrons. The van der Waals surface area contributed by atoms with Gasteiger partial charge in [0.25, 0.3) is 5.91 Å². The number of H-pyrrole nitrogens is 1. The smallest absolute Gasteiger partial charge is 0.251 e. The lowest BCUT2D eigenvalue weighted by molar-refractivity contribution is 0.0930. The van der Waals surface area contributed by atoms with Crippen molar-refractivity contribution < 1.29 is 9.21 Å². The van der Waals surface area contributed by atoms with E-state index in [2.05, 4.69) is 34.0 Å². The fourth-order valence-corrected chi connectivity index (χ4v) is 3.12. The van der Waals surface area contributed by atoms with E-state index in [0.717, 1.165) is 35.7 Å². The van der Waals surface area contributed by atoms with Gasteiger partial charge in [-0.1, -0.05) is 13.8 Å². The Kier molecular flexibility index (Phi) is 5.19. The number of likely N-dealkylation sites (N-methyl/N-ethyl adjacent to an activating group) is 1. The third kappa shape index (κ3) is 3.74. The number of benzene rings is 1. The first-order chi connectivity index (χ1) is 12.1. The first-order valence-corrected chi connectivity index (χ1v) is 8.64. The van der Waals surface area contributed by atoms with Crippen LogP contribution in [0.1, 0.15) is 41.8 Å². The lowest BCUT2D eigenvalue weighted by Crippen LogP contribution is -2.37. The van der Waals surface area contributed by atoms with Crippen molar-refractivity contribution in [1.82, 2.24) is 20.2 Å². The highest BCUT2D eigenvalue weighted by molar-refractivity contribution is 5.97. The maximum Gasteiger partial charge on any atom is 0.251 e. The Morgan fingerprint density at radius 3 is 2.80 bits per heavy atom. The number of imidazole rings is 1. The Bertz CT molecular complexity index is 834. The van der Waals surface area contributed by atoms with Gasteiger partial charge in [-0.25, -0.2) is 4.98 Å². The van der Waals surface area contributed by atoms with Gasteiger partial charge in [0, 0.05) is 12.1 Å². The largest absolute Gasteiger partial charge is 0.468 e. The summed E-state index contributed by atoms with van der Waals surface area (Å²) in [6, 6.07) is 9.35. The van der Waals surface area contributed by atoms with Gasteiger partial charge in [0.2, 0.25) is 0 Å². The van der Waals surface area contributed by atoms with E-state index in [1.54, 1.807) is 12.3 Å². The number of carbonyl (C=O) groups excluding carboxylic acids is 1. The highest BCUT2D eigenvalue weighted by atomic mass is 16.3. The molecule has 0 aliphatic heterocycles. The molecule has 0 aliphatic carbocycles. The van der Waals surface area contributed by atoms with E-state index in [4.69, 9.17) is 4.42 Å². The zero-order valence-corrected chi connectivity index (χ0v) is 14.9. The Hall–Kier alpha value is -2.60. The highest BCUT2D eigenvalue weighted by Crippen LogP contribution is 2.20. The summed E-state index contributed by atoms with van der Waals surface area (Å²) in [5, 5.41) is 3.03. The molecule has 3 aromatic rings. The number of nitrogens with one attached hydrogen (secondary N) is 2. The summed E-state index contributed by atoms with van der Waals surface area (Å²) in [4.78, 5) is 22.4. The van der Waals surface area contributed by atoms with Crippen LogP contribution in [-0.4, -0.2) is 40.4 Å². The molecule has 6 heteroatoms. The second-order valence-corrected chi connectivity index (χ2v) is 6.02. The summed E-state index contributed by atoms with van der Waals surface area (Å²) in [6.07, 6.45) is 1.67. The summed E-state index contributed by atoms with van der Waals surface area (Å²) in [7, 11) is 0. The van der Waals surface area contributed by atoms with Crippen LogP contribution in [0, 0.1) is 6.92 Å². The zero-order valence-electron chi connectivity index (χ0n) is 14.9. The van der Waals surface area contributed by atoms with Gasteiger partial charge in [-0.3, -0.25) is 9.69 Å². The van der Waals surface area contributed by atoms with Crippen LogP contribution in [0.3, 0.4) is 0 Å². The van der Waals surface area contributed by atoms with Crippen LogP contribution in [0.2, 0.25) is 0 Å². The van der Waals surface area contributed by atoms with E-state index in [1.165, 1.54) is 0 Å². The summed E-state index contributed by atoms with van der Waals surface area (Å²) >= 11 is 0. The molecule has 25 heavy (non-hydrogen) atoms. The minimum Gasteiger partial charge on any atom is -0.468 e. The van der Waals surface area contributed by atoms with Crippen molar-refractivity contribution in [3.8, 4) is 0 Å². The van der Waals surface area contributed by atoms with Gasteiger partial charge in [-0.2, -0.15) is 0 Å². The summed E-state index contributed by atoms with van der Waals surface area (Å²) < 4.78 is 5.57. The lowest BCUT2D eigenvalue weighted by Gasteiger charge is -2.28. The molecule has 0 aliphatic rings. The molecule has 2 heterocycles. The topological polar surface area (TPSA) is 74.2 Å². The molecule has 0 unspecified atom stereocenters. The molecule has 3 rings (SSSR count). The highest BCUT2D eigenvalue weighted by Gasteiger charge is 2.21. The number of nitrogens with zero attached hydrogens (tertiary/aromatic N) is 2. The minimum absolute atomic E-state index is 0.0204. The molecule has 0 bridgehead atoms. The normalized spacial score (nSPS) is 12.6. The minimum atomic E-state index is -0.0992. The van der Waals surface area contributed by atoms with Crippen molar-refractivity contribution in [3.63, 3.8) is 0 Å². The third-order valence-electron chi connectivity index (χ3n) is 4.44. The number of amides is 1. The molecule has 0 saturated heterocycles. The average molecular weight is 340 g/mol. The van der Waals surface area contributed by atoms with Gasteiger partial charge < -0.3 is 14.7 Å². The zero-order chi connectivity index (χ0) is 17.8. The Morgan fingerprint density at radius 2 is 2.12 bits per heavy atom. The Balaban J connectivity index is 1.73. The van der Waals surface area contributed by atoms with E-state index in [9.17, 15) is 4.79 Å². The SMILES string of the molecule is CCN(CC)[C@@H](CNC(=O)c1ccc2nc(C)[nH]c2c1)c1ccco1. The van der Waals surface area contributed by atoms with Crippen LogP contribution in [0.5, 0.6) is 0 Å². The lowest BCUT2D eigenvalue weighted by atomic mass is 10.1. The van der Waals surface area contributed by atoms with Crippen LogP contribution in [0.15, 0.2) is 41.0 Å². The molecule has 0 radical (unpaired) electrons. The summed E-state index contributed by atoms with van der Waals surface area (Å²) in [6.45, 7) is 8.38. The monoisotopic (exact) mass is 340 g/mol. The van der Waals surface area contributed by atoms with Crippen LogP contribution < -0.4 is 5.32 Å². The first kappa shape index (κ1) is 17.2. The quantitative estimate of drug-likeness (QED) is 0.692. The van der Waals surface area contributed by atoms with Gasteiger partial charge in [0.15, 0.2) is 0 Å². The van der Waals surface area contributed by atoms with Crippen LogP contribution in [-0.2, 0) is 0 Å². The molecule has 0 spiro atoms. The van der Waals surface area contributed by atoms with Gasteiger partial charge in [-0.05, 0) is 50.3 Å². The molecule has 1 atom stereocenters. The van der Waals surface area contributed by atoms with Crippen molar-refractivity contribution in [2.75, 3.05) is 19.6 Å². The molecular weight excluding hydrogens is 316 g/mol. The molecule has 2 N–H and O–H groups in total. The predicted octanol–water partition coefficient (Wildman–Crippen LogP) is 3.28. The molecule has 0 fully saturated rings. The van der Waals surface area contributed by atoms with Gasteiger partial charge >= 0.3 is 0 Å². The third-order valence-corrected chi connectivity index (χ3v) is 4.44. The van der Waals surface area contributed by atoms with E-state index >= 15 is 0 Å². The van der Waals surface area contributed by atoms with Crippen molar-refractivity contribution >= 4 is 16.9 Å². The summed E-state index contributed by atoms with van der Waals surface area (Å²) in [5.41, 5.74) is 2.36. The molecule has 1 aromatic carbocycles. The molecule has 0 saturated carbocycles. The molecule has 2 aromatic heterocycles. The maximum absolute atomic E-state index is 12.6. The number of fused-ring (bicyclic) bond motifs is 1. The van der Waals surface area contributed by atoms with Crippen molar-refractivity contribution in [2.24, 2.45) is 0 Å². The summed E-state index contributed by atoms with van der Waals surface area (Å²) in [5.74, 6) is 1.61. The molecule has 6 nitrogen and oxygen atoms in total. The fourth-order valence-electron chi connectivity index (χ4n) is 3.12. The van der Waals surface area contributed by atoms with Crippen molar-refractivity contribution in [1.29, 1.82) is 0 Å². The number of hydrogen-bond acceptors (Lipinski definition) is 4. The Morgan fingerprint density at radius 1 is 1.32 bits per heavy atom. The van der Waals surface area contributed by atoms with Gasteiger partial charge in [0.1, 0.15) is 11.6 Å². The van der Waals surface area contributed by atoms with Crippen LogP contribution in [0.4, 0.5) is 0 Å². The molecular formula is C19H24N4O2. The van der Waals surface area contributed by atoms with Gasteiger partial charge in [-0.15, -0.1) is 0 Å². The number of hydrogen-bond donors (Lipinski definition) is 2. The fraction of sp³-hybridized carbons (Fsp3) is 0.368. The predicted molar refractivity (Wildman–Crippen MR) is 97.5 cm³/mol. The van der Waals surface area contributed by atoms with E-state index in [-0.39, 0.29) is 11.9 Å². The average Bonchev–Trinajstić information content (AvgIpc) is 3.26. The maximum atomic E-state index is 12.6. The first-order valence-electron chi connectivity index (χ1n) is 8.64. The number of aromatic amines is 1. The number of furan rings is 1. The number of carbonyl (C=O) groups is 1. The van der Waals surface area contributed by atoms with E-state index in [1.807, 2.05) is 31.2 Å². The molecule has 1 amide bonds. The van der Waals surface area contributed by atoms with Crippen LogP contribution >= 0.6 is 0 Å². The van der Waals surface area contributed by atoms with Crippen molar-refractivity contribution in [3.05, 3.63) is 53.7 Å². The Labute approximate surface area is 147 Å². The van der Waals surface area contributed by atoms with Gasteiger partial charge in [0.05, 0.1) is 23.3 Å². The van der Waals surface area contributed by atoms with E-state index in [0.29, 0.717) is 12.1 Å².